The zero-order valence-electron chi connectivity index (χ0n) is 37.1. The smallest absolute Gasteiger partial charge is 0.414 e. The minimum absolute atomic E-state index is 0.00274. The maximum Gasteiger partial charge on any atom is 0.414 e. The summed E-state index contributed by atoms with van der Waals surface area (Å²) in [5, 5.41) is 10.2. The number of nitrogens with one attached hydrogen (secondary N) is 5. The van der Waals surface area contributed by atoms with Crippen LogP contribution >= 0.6 is 0 Å². The van der Waals surface area contributed by atoms with Crippen molar-refractivity contribution in [3.05, 3.63) is 108 Å². The Morgan fingerprint density at radius 2 is 1.32 bits per heavy atom. The number of carbonyl (C=O) groups excluding carboxylic acids is 6. The third kappa shape index (κ3) is 19.4. The SMILES string of the molecule is CCOC(=O)CNS(=O)(=O)C[C@H](CCCN=C(NC(=O)OCc1ccccc1)NC(=O)OCc1ccccc1)NC(=O)[C@@H]1CCCN1C(=O)[C@@H](Cc1ccccc1)NC(=O)OC(C)(C)C. The van der Waals surface area contributed by atoms with E-state index in [9.17, 15) is 37.2 Å². The minimum Gasteiger partial charge on any atom is -0.465 e. The van der Waals surface area contributed by atoms with Gasteiger partial charge < -0.3 is 34.5 Å². The number of rotatable bonds is 20. The van der Waals surface area contributed by atoms with Gasteiger partial charge in [-0.15, -0.1) is 0 Å². The highest BCUT2D eigenvalue weighted by molar-refractivity contribution is 7.89. The fourth-order valence-electron chi connectivity index (χ4n) is 6.55. The molecule has 0 bridgehead atoms. The van der Waals surface area contributed by atoms with Crippen molar-refractivity contribution < 1.29 is 56.1 Å². The number of alkyl carbamates (subject to hydrolysis) is 3. The van der Waals surface area contributed by atoms with Gasteiger partial charge in [-0.05, 0) is 70.1 Å². The Kier molecular flexibility index (Phi) is 20.2. The molecule has 1 heterocycles. The lowest BCUT2D eigenvalue weighted by molar-refractivity contribution is -0.141. The predicted octanol–water partition coefficient (Wildman–Crippen LogP) is 4.07. The number of ether oxygens (including phenoxy) is 4. The van der Waals surface area contributed by atoms with Gasteiger partial charge in [-0.3, -0.25) is 30.0 Å². The highest BCUT2D eigenvalue weighted by Crippen LogP contribution is 2.21. The molecule has 0 aliphatic carbocycles. The van der Waals surface area contributed by atoms with E-state index >= 15 is 0 Å². The molecule has 65 heavy (non-hydrogen) atoms. The summed E-state index contributed by atoms with van der Waals surface area (Å²) in [4.78, 5) is 84.4. The molecular weight excluding hydrogens is 863 g/mol. The number of benzene rings is 3. The standard InChI is InChI=1S/C45H59N7O12S/c1-5-61-38(53)28-47-65(59,60)31-35(48-39(54)37-24-16-26-52(37)40(55)36(27-32-17-9-6-10-18-32)49-44(58)64-45(2,3)4)23-15-25-46-41(50-42(56)62-29-33-19-11-7-12-20-33)51-43(57)63-30-34-21-13-8-14-22-34/h6-14,17-22,35-37,47H,5,15-16,23-31H2,1-4H3,(H,48,54)(H,49,58)(H2,46,50,51,56,57)/t35-,36+,37-/m0/s1. The molecule has 0 unspecified atom stereocenters. The van der Waals surface area contributed by atoms with Crippen molar-refractivity contribution in [2.24, 2.45) is 4.99 Å². The number of hydrogen-bond donors (Lipinski definition) is 5. The van der Waals surface area contributed by atoms with E-state index in [1.165, 1.54) is 4.90 Å². The summed E-state index contributed by atoms with van der Waals surface area (Å²) in [6.45, 7) is 6.01. The van der Waals surface area contributed by atoms with E-state index in [2.05, 4.69) is 31.0 Å². The molecule has 1 aliphatic rings. The van der Waals surface area contributed by atoms with Gasteiger partial charge in [-0.2, -0.15) is 0 Å². The summed E-state index contributed by atoms with van der Waals surface area (Å²) in [6, 6.07) is 23.6. The topological polar surface area (TPSA) is 249 Å². The first-order valence-electron chi connectivity index (χ1n) is 21.3. The number of amides is 5. The van der Waals surface area contributed by atoms with Crippen LogP contribution in [-0.4, -0.2) is 111 Å². The summed E-state index contributed by atoms with van der Waals surface area (Å²) in [5.41, 5.74) is 1.34. The maximum atomic E-state index is 14.2. The molecule has 1 fully saturated rings. The number of sulfonamides is 1. The van der Waals surface area contributed by atoms with Gasteiger partial charge in [-0.25, -0.2) is 27.5 Å². The maximum absolute atomic E-state index is 14.2. The van der Waals surface area contributed by atoms with E-state index in [1.807, 2.05) is 18.2 Å². The van der Waals surface area contributed by atoms with Crippen molar-refractivity contribution in [3.63, 3.8) is 0 Å². The molecule has 20 heteroatoms. The van der Waals surface area contributed by atoms with E-state index in [4.69, 9.17) is 18.9 Å². The average Bonchev–Trinajstić information content (AvgIpc) is 3.76. The Morgan fingerprint density at radius 1 is 0.769 bits per heavy atom. The quantitative estimate of drug-likeness (QED) is 0.0354. The van der Waals surface area contributed by atoms with Gasteiger partial charge in [0.2, 0.25) is 27.8 Å². The number of likely N-dealkylation sites (tertiary alicyclic amines) is 1. The number of esters is 1. The zero-order chi connectivity index (χ0) is 47.2. The van der Waals surface area contributed by atoms with Gasteiger partial charge in [0.05, 0.1) is 12.4 Å². The fourth-order valence-corrected chi connectivity index (χ4v) is 7.79. The molecule has 0 radical (unpaired) electrons. The summed E-state index contributed by atoms with van der Waals surface area (Å²) >= 11 is 0. The Morgan fingerprint density at radius 3 is 1.86 bits per heavy atom. The molecule has 3 atom stereocenters. The Bertz CT molecular complexity index is 2110. The Balaban J connectivity index is 1.49. The summed E-state index contributed by atoms with van der Waals surface area (Å²) in [5.74, 6) is -2.93. The van der Waals surface area contributed by atoms with E-state index in [0.29, 0.717) is 17.5 Å². The van der Waals surface area contributed by atoms with Crippen LogP contribution in [0.4, 0.5) is 14.4 Å². The van der Waals surface area contributed by atoms with Crippen molar-refractivity contribution >= 4 is 52.0 Å². The largest absolute Gasteiger partial charge is 0.465 e. The first kappa shape index (κ1) is 51.1. The highest BCUT2D eigenvalue weighted by atomic mass is 32.2. The van der Waals surface area contributed by atoms with E-state index < -0.39 is 82.1 Å². The van der Waals surface area contributed by atoms with Gasteiger partial charge in [0, 0.05) is 25.6 Å². The Hall–Kier alpha value is -6.54. The second-order valence-corrected chi connectivity index (χ2v) is 17.8. The van der Waals surface area contributed by atoms with Crippen molar-refractivity contribution in [1.82, 2.24) is 30.9 Å². The number of nitrogens with zero attached hydrogens (tertiary/aromatic N) is 2. The van der Waals surface area contributed by atoms with Crippen LogP contribution in [0, 0.1) is 0 Å². The minimum atomic E-state index is -4.20. The molecule has 5 N–H and O–H groups in total. The molecule has 0 aromatic heterocycles. The molecule has 1 saturated heterocycles. The molecule has 0 spiro atoms. The highest BCUT2D eigenvalue weighted by Gasteiger charge is 2.39. The van der Waals surface area contributed by atoms with Crippen LogP contribution in [0.25, 0.3) is 0 Å². The first-order valence-corrected chi connectivity index (χ1v) is 22.9. The first-order chi connectivity index (χ1) is 31.0. The lowest BCUT2D eigenvalue weighted by Gasteiger charge is -2.30. The van der Waals surface area contributed by atoms with E-state index in [0.717, 1.165) is 5.56 Å². The number of aliphatic imine (C=N–C) groups is 1. The molecule has 0 saturated carbocycles. The Labute approximate surface area is 379 Å². The molecule has 5 amide bonds. The van der Waals surface area contributed by atoms with Crippen molar-refractivity contribution in [3.8, 4) is 0 Å². The van der Waals surface area contributed by atoms with Gasteiger partial charge in [0.25, 0.3) is 0 Å². The van der Waals surface area contributed by atoms with Crippen LogP contribution < -0.4 is 26.0 Å². The molecule has 4 rings (SSSR count). The third-order valence-corrected chi connectivity index (χ3v) is 10.9. The molecule has 352 valence electrons. The van der Waals surface area contributed by atoms with Crippen LogP contribution in [0.2, 0.25) is 0 Å². The van der Waals surface area contributed by atoms with Crippen LogP contribution in [-0.2, 0) is 63.0 Å². The van der Waals surface area contributed by atoms with Crippen LogP contribution in [0.5, 0.6) is 0 Å². The van der Waals surface area contributed by atoms with Gasteiger partial charge in [0.15, 0.2) is 0 Å². The normalized spacial score (nSPS) is 14.5. The van der Waals surface area contributed by atoms with E-state index in [1.54, 1.807) is 100 Å². The van der Waals surface area contributed by atoms with Crippen LogP contribution in [0.1, 0.15) is 70.1 Å². The third-order valence-electron chi connectivity index (χ3n) is 9.47. The predicted molar refractivity (Wildman–Crippen MR) is 239 cm³/mol. The molecule has 1 aliphatic heterocycles. The zero-order valence-corrected chi connectivity index (χ0v) is 37.9. The summed E-state index contributed by atoms with van der Waals surface area (Å²) < 4.78 is 49.6. The van der Waals surface area contributed by atoms with Gasteiger partial charge >= 0.3 is 24.2 Å². The second-order valence-electron chi connectivity index (χ2n) is 15.9. The summed E-state index contributed by atoms with van der Waals surface area (Å²) in [6.07, 6.45) is -1.74. The monoisotopic (exact) mass is 921 g/mol. The lowest BCUT2D eigenvalue weighted by Crippen LogP contribution is -2.56. The number of hydrogen-bond acceptors (Lipinski definition) is 13. The van der Waals surface area contributed by atoms with Gasteiger partial charge in [0.1, 0.15) is 37.4 Å². The molecule has 19 nitrogen and oxygen atoms in total. The molecule has 3 aromatic carbocycles. The van der Waals surface area contributed by atoms with Crippen LogP contribution in [0.15, 0.2) is 96.0 Å². The fraction of sp³-hybridized carbons (Fsp3) is 0.444. The van der Waals surface area contributed by atoms with Crippen LogP contribution in [0.3, 0.4) is 0 Å². The van der Waals surface area contributed by atoms with Gasteiger partial charge in [-0.1, -0.05) is 91.0 Å². The van der Waals surface area contributed by atoms with E-state index in [-0.39, 0.29) is 64.6 Å². The lowest BCUT2D eigenvalue weighted by atomic mass is 10.0. The van der Waals surface area contributed by atoms with Crippen molar-refractivity contribution in [2.75, 3.05) is 32.0 Å². The molecular formula is C45H59N7O12S. The number of carbonyl (C=O) groups is 6. The average molecular weight is 922 g/mol. The second kappa shape index (κ2) is 25.7. The molecule has 3 aromatic rings. The van der Waals surface area contributed by atoms with Crippen molar-refractivity contribution in [2.45, 2.75) is 96.7 Å². The number of guanidine groups is 1. The van der Waals surface area contributed by atoms with Crippen molar-refractivity contribution in [1.29, 1.82) is 0 Å². The summed E-state index contributed by atoms with van der Waals surface area (Å²) in [7, 11) is -4.20.